The lowest BCUT2D eigenvalue weighted by molar-refractivity contribution is -0.161. The second-order valence-corrected chi connectivity index (χ2v) is 16.0. The van der Waals surface area contributed by atoms with Crippen molar-refractivity contribution in [3.63, 3.8) is 0 Å². The van der Waals surface area contributed by atoms with Gasteiger partial charge in [-0.05, 0) is 64.2 Å². The molecule has 316 valence electrons. The molecule has 0 aromatic rings. The molecule has 0 aliphatic rings. The predicted molar refractivity (Wildman–Crippen MR) is 224 cm³/mol. The van der Waals surface area contributed by atoms with Crippen molar-refractivity contribution < 1.29 is 37.6 Å². The van der Waals surface area contributed by atoms with Crippen LogP contribution in [-0.4, -0.2) is 49.3 Å². The van der Waals surface area contributed by atoms with E-state index in [-0.39, 0.29) is 38.6 Å². The summed E-state index contributed by atoms with van der Waals surface area (Å²) in [5, 5.41) is 0. The number of phosphoric acid groups is 1. The van der Waals surface area contributed by atoms with Crippen LogP contribution >= 0.6 is 7.82 Å². The third-order valence-electron chi connectivity index (χ3n) is 9.25. The van der Waals surface area contributed by atoms with Gasteiger partial charge in [0.05, 0.1) is 13.2 Å². The smallest absolute Gasteiger partial charge is 0.462 e. The van der Waals surface area contributed by atoms with Crippen molar-refractivity contribution in [1.29, 1.82) is 0 Å². The molecule has 1 unspecified atom stereocenters. The van der Waals surface area contributed by atoms with Gasteiger partial charge in [0.25, 0.3) is 0 Å². The summed E-state index contributed by atoms with van der Waals surface area (Å²) in [5.74, 6) is -0.845. The Hall–Kier alpha value is -1.77. The average Bonchev–Trinajstić information content (AvgIpc) is 3.16. The molecule has 0 aliphatic carbocycles. The number of hydrogen-bond acceptors (Lipinski definition) is 8. The van der Waals surface area contributed by atoms with Gasteiger partial charge in [0.2, 0.25) is 0 Å². The lowest BCUT2D eigenvalue weighted by Crippen LogP contribution is -2.29. The maximum absolute atomic E-state index is 12.6. The van der Waals surface area contributed by atoms with Crippen LogP contribution in [0.15, 0.2) is 36.5 Å². The van der Waals surface area contributed by atoms with Gasteiger partial charge in [0.1, 0.15) is 6.61 Å². The largest absolute Gasteiger partial charge is 0.472 e. The Bertz CT molecular complexity index is 986. The van der Waals surface area contributed by atoms with Crippen molar-refractivity contribution in [3.05, 3.63) is 36.5 Å². The molecule has 0 fully saturated rings. The highest BCUT2D eigenvalue weighted by Gasteiger charge is 2.26. The maximum atomic E-state index is 12.6. The molecule has 3 N–H and O–H groups in total. The van der Waals surface area contributed by atoms with Crippen LogP contribution in [0.1, 0.15) is 200 Å². The van der Waals surface area contributed by atoms with E-state index in [2.05, 4.69) is 50.3 Å². The minimum absolute atomic E-state index is 0.0505. The van der Waals surface area contributed by atoms with Gasteiger partial charge >= 0.3 is 19.8 Å². The molecule has 0 heterocycles. The molecule has 54 heavy (non-hydrogen) atoms. The summed E-state index contributed by atoms with van der Waals surface area (Å²) in [4.78, 5) is 34.9. The normalized spacial score (nSPS) is 13.6. The van der Waals surface area contributed by atoms with Crippen LogP contribution in [0.25, 0.3) is 0 Å². The zero-order valence-electron chi connectivity index (χ0n) is 34.7. The van der Waals surface area contributed by atoms with Crippen molar-refractivity contribution in [2.24, 2.45) is 5.73 Å². The van der Waals surface area contributed by atoms with E-state index in [1.165, 1.54) is 103 Å². The fourth-order valence-corrected chi connectivity index (χ4v) is 6.70. The highest BCUT2D eigenvalue weighted by atomic mass is 31.2. The Kier molecular flexibility index (Phi) is 39.5. The number of allylic oxidation sites excluding steroid dienone is 6. The second-order valence-electron chi connectivity index (χ2n) is 14.6. The maximum Gasteiger partial charge on any atom is 0.472 e. The minimum atomic E-state index is -4.38. The molecule has 0 aromatic carbocycles. The Morgan fingerprint density at radius 3 is 1.48 bits per heavy atom. The summed E-state index contributed by atoms with van der Waals surface area (Å²) >= 11 is 0. The van der Waals surface area contributed by atoms with Crippen molar-refractivity contribution in [1.82, 2.24) is 0 Å². The molecule has 0 rings (SSSR count). The molecule has 0 aromatic heterocycles. The minimum Gasteiger partial charge on any atom is -0.462 e. The third-order valence-corrected chi connectivity index (χ3v) is 10.2. The molecule has 2 atom stereocenters. The average molecular weight is 784 g/mol. The fraction of sp³-hybridized carbons (Fsp3) is 0.818. The van der Waals surface area contributed by atoms with E-state index in [0.29, 0.717) is 6.42 Å². The first-order valence-corrected chi connectivity index (χ1v) is 23.5. The summed E-state index contributed by atoms with van der Waals surface area (Å²) in [7, 11) is -4.38. The Morgan fingerprint density at radius 2 is 0.981 bits per heavy atom. The van der Waals surface area contributed by atoms with Crippen LogP contribution in [0, 0.1) is 0 Å². The predicted octanol–water partition coefficient (Wildman–Crippen LogP) is 12.6. The number of nitrogens with two attached hydrogens (primary N) is 1. The third kappa shape index (κ3) is 39.9. The Labute approximate surface area is 331 Å². The molecule has 0 amide bonds. The first-order chi connectivity index (χ1) is 26.3. The summed E-state index contributed by atoms with van der Waals surface area (Å²) in [6.07, 6.45) is 44.6. The van der Waals surface area contributed by atoms with Crippen LogP contribution in [0.2, 0.25) is 0 Å². The quantitative estimate of drug-likeness (QED) is 0.0269. The Morgan fingerprint density at radius 1 is 0.556 bits per heavy atom. The summed E-state index contributed by atoms with van der Waals surface area (Å²) in [5.41, 5.74) is 5.34. The summed E-state index contributed by atoms with van der Waals surface area (Å²) < 4.78 is 32.8. The molecule has 9 nitrogen and oxygen atoms in total. The number of carbonyl (C=O) groups is 2. The molecule has 0 aliphatic heterocycles. The van der Waals surface area contributed by atoms with Gasteiger partial charge in [0.15, 0.2) is 6.10 Å². The second kappa shape index (κ2) is 40.9. The van der Waals surface area contributed by atoms with Crippen LogP contribution in [0.5, 0.6) is 0 Å². The van der Waals surface area contributed by atoms with Crippen LogP contribution in [-0.2, 0) is 32.7 Å². The van der Waals surface area contributed by atoms with Crippen molar-refractivity contribution >= 4 is 19.8 Å². The van der Waals surface area contributed by atoms with Gasteiger partial charge in [-0.3, -0.25) is 18.6 Å². The van der Waals surface area contributed by atoms with Crippen LogP contribution in [0.4, 0.5) is 0 Å². The highest BCUT2D eigenvalue weighted by molar-refractivity contribution is 7.47. The van der Waals surface area contributed by atoms with E-state index in [1.807, 2.05) is 0 Å². The summed E-state index contributed by atoms with van der Waals surface area (Å²) in [6.45, 7) is 3.68. The van der Waals surface area contributed by atoms with Crippen molar-refractivity contribution in [3.8, 4) is 0 Å². The van der Waals surface area contributed by atoms with E-state index >= 15 is 0 Å². The molecule has 10 heteroatoms. The van der Waals surface area contributed by atoms with Gasteiger partial charge in [-0.2, -0.15) is 0 Å². The van der Waals surface area contributed by atoms with E-state index in [4.69, 9.17) is 24.3 Å². The number of rotatable bonds is 41. The fourth-order valence-electron chi connectivity index (χ4n) is 5.94. The molecule has 0 spiro atoms. The van der Waals surface area contributed by atoms with Gasteiger partial charge in [0, 0.05) is 19.4 Å². The highest BCUT2D eigenvalue weighted by Crippen LogP contribution is 2.43. The molecule has 0 bridgehead atoms. The zero-order chi connectivity index (χ0) is 39.6. The molecular weight excluding hydrogens is 701 g/mol. The monoisotopic (exact) mass is 784 g/mol. The van der Waals surface area contributed by atoms with Crippen LogP contribution in [0.3, 0.4) is 0 Å². The first kappa shape index (κ1) is 52.2. The topological polar surface area (TPSA) is 134 Å². The van der Waals surface area contributed by atoms with E-state index in [0.717, 1.165) is 64.2 Å². The molecule has 0 saturated heterocycles. The number of esters is 2. The van der Waals surface area contributed by atoms with Crippen molar-refractivity contribution in [2.45, 2.75) is 206 Å². The van der Waals surface area contributed by atoms with E-state index < -0.39 is 26.5 Å². The standard InChI is InChI=1S/C44H82NO8P/c1-3-5-7-9-11-13-15-17-19-20-21-22-23-25-26-28-30-32-34-36-43(46)50-40-42(41-52-54(48,49)51-39-38-45)53-44(47)37-35-33-31-29-27-24-18-16-14-12-10-8-6-4-2/h10,12,16-19,42H,3-9,11,13-15,20-41,45H2,1-2H3,(H,48,49)/b12-10+,18-16+,19-17+/t42-/m0/s1. The first-order valence-electron chi connectivity index (χ1n) is 22.0. The van der Waals surface area contributed by atoms with Crippen molar-refractivity contribution in [2.75, 3.05) is 26.4 Å². The lowest BCUT2D eigenvalue weighted by Gasteiger charge is -2.19. The number of carbonyl (C=O) groups excluding carboxylic acids is 2. The van der Waals surface area contributed by atoms with E-state index in [9.17, 15) is 19.0 Å². The summed E-state index contributed by atoms with van der Waals surface area (Å²) in [6, 6.07) is 0. The zero-order valence-corrected chi connectivity index (χ0v) is 35.6. The van der Waals surface area contributed by atoms with Gasteiger partial charge in [-0.25, -0.2) is 4.57 Å². The van der Waals surface area contributed by atoms with Gasteiger partial charge in [-0.1, -0.05) is 159 Å². The number of ether oxygens (including phenoxy) is 2. The Balaban J connectivity index is 4.13. The van der Waals surface area contributed by atoms with Crippen LogP contribution < -0.4 is 5.73 Å². The van der Waals surface area contributed by atoms with E-state index in [1.54, 1.807) is 0 Å². The van der Waals surface area contributed by atoms with Gasteiger partial charge < -0.3 is 20.1 Å². The molecule has 0 radical (unpaired) electrons. The lowest BCUT2D eigenvalue weighted by atomic mass is 10.1. The van der Waals surface area contributed by atoms with Gasteiger partial charge in [-0.15, -0.1) is 0 Å². The number of hydrogen-bond donors (Lipinski definition) is 2. The molecular formula is C44H82NO8P. The number of phosphoric ester groups is 1. The number of unbranched alkanes of at least 4 members (excludes halogenated alkanes) is 22. The molecule has 0 saturated carbocycles. The SMILES string of the molecule is CCCC/C=C/C/C=C/CCCCCCCC(=O)O[C@@H](COC(=O)CCCCCCCCCCC/C=C/CCCCCCCC)COP(=O)(O)OCCN.